The van der Waals surface area contributed by atoms with Crippen LogP contribution in [0, 0.1) is 0 Å². The number of ketones is 1. The molecule has 1 aliphatic rings. The van der Waals surface area contributed by atoms with Gasteiger partial charge in [0.05, 0.1) is 6.54 Å². The lowest BCUT2D eigenvalue weighted by atomic mass is 10.1. The topological polar surface area (TPSA) is 57.7 Å². The molecule has 1 aromatic carbocycles. The third-order valence-corrected chi connectivity index (χ3v) is 4.27. The Morgan fingerprint density at radius 3 is 2.24 bits per heavy atom. The zero-order valence-corrected chi connectivity index (χ0v) is 13.0. The molecule has 1 fully saturated rings. The smallest absolute Gasteiger partial charge is 0.312 e. The second-order valence-electron chi connectivity index (χ2n) is 4.76. The lowest BCUT2D eigenvalue weighted by molar-refractivity contribution is -0.155. The molecule has 0 spiro atoms. The SMILES string of the molecule is CCN1CCN(CC(=O)c2ccc(SC)cc2)C(=O)C1=O. The maximum atomic E-state index is 12.2. The molecule has 6 heteroatoms. The van der Waals surface area contributed by atoms with Crippen molar-refractivity contribution in [2.24, 2.45) is 0 Å². The van der Waals surface area contributed by atoms with Crippen molar-refractivity contribution >= 4 is 29.4 Å². The number of Topliss-reactive ketones (excluding diaryl/α,β-unsaturated/α-hetero) is 1. The molecule has 1 saturated heterocycles. The van der Waals surface area contributed by atoms with Gasteiger partial charge in [-0.2, -0.15) is 0 Å². The maximum absolute atomic E-state index is 12.2. The van der Waals surface area contributed by atoms with Crippen LogP contribution in [0.15, 0.2) is 29.2 Å². The predicted molar refractivity (Wildman–Crippen MR) is 81.4 cm³/mol. The van der Waals surface area contributed by atoms with Gasteiger partial charge in [-0.15, -0.1) is 11.8 Å². The van der Waals surface area contributed by atoms with Gasteiger partial charge in [0.2, 0.25) is 0 Å². The molecule has 0 atom stereocenters. The minimum absolute atomic E-state index is 0.0409. The van der Waals surface area contributed by atoms with Gasteiger partial charge in [0.15, 0.2) is 5.78 Å². The van der Waals surface area contributed by atoms with Crippen molar-refractivity contribution in [2.75, 3.05) is 32.4 Å². The molecule has 1 aliphatic heterocycles. The number of amides is 2. The summed E-state index contributed by atoms with van der Waals surface area (Å²) in [5, 5.41) is 0. The van der Waals surface area contributed by atoms with Gasteiger partial charge < -0.3 is 9.80 Å². The van der Waals surface area contributed by atoms with E-state index in [1.165, 1.54) is 9.80 Å². The van der Waals surface area contributed by atoms with Crippen LogP contribution in [-0.4, -0.2) is 59.8 Å². The molecule has 0 saturated carbocycles. The Morgan fingerprint density at radius 2 is 1.67 bits per heavy atom. The summed E-state index contributed by atoms with van der Waals surface area (Å²) in [6.45, 7) is 3.20. The fourth-order valence-electron chi connectivity index (χ4n) is 2.21. The first-order valence-electron chi connectivity index (χ1n) is 6.82. The molecule has 0 aromatic heterocycles. The summed E-state index contributed by atoms with van der Waals surface area (Å²) < 4.78 is 0. The molecular formula is C15H18N2O3S. The van der Waals surface area contributed by atoms with E-state index < -0.39 is 11.8 Å². The first kappa shape index (κ1) is 15.6. The molecule has 0 radical (unpaired) electrons. The van der Waals surface area contributed by atoms with Crippen LogP contribution in [-0.2, 0) is 9.59 Å². The third kappa shape index (κ3) is 3.44. The molecule has 1 heterocycles. The van der Waals surface area contributed by atoms with Crippen LogP contribution in [0.5, 0.6) is 0 Å². The van der Waals surface area contributed by atoms with Gasteiger partial charge in [-0.3, -0.25) is 14.4 Å². The number of carbonyl (C=O) groups is 3. The summed E-state index contributed by atoms with van der Waals surface area (Å²) in [5.41, 5.74) is 0.561. The van der Waals surface area contributed by atoms with Gasteiger partial charge in [-0.1, -0.05) is 12.1 Å². The molecular weight excluding hydrogens is 288 g/mol. The van der Waals surface area contributed by atoms with Crippen LogP contribution >= 0.6 is 11.8 Å². The van der Waals surface area contributed by atoms with E-state index in [0.717, 1.165) is 4.90 Å². The summed E-state index contributed by atoms with van der Waals surface area (Å²) >= 11 is 1.60. The Morgan fingerprint density at radius 1 is 1.10 bits per heavy atom. The number of benzene rings is 1. The average Bonchev–Trinajstić information content (AvgIpc) is 2.52. The maximum Gasteiger partial charge on any atom is 0.312 e. The molecule has 2 amide bonds. The number of thioether (sulfide) groups is 1. The first-order chi connectivity index (χ1) is 10.1. The number of likely N-dealkylation sites (N-methyl/N-ethyl adjacent to an activating group) is 1. The quantitative estimate of drug-likeness (QED) is 0.467. The largest absolute Gasteiger partial charge is 0.333 e. The van der Waals surface area contributed by atoms with E-state index in [0.29, 0.717) is 25.2 Å². The number of piperazine rings is 1. The van der Waals surface area contributed by atoms with Crippen molar-refractivity contribution in [3.8, 4) is 0 Å². The van der Waals surface area contributed by atoms with Crippen LogP contribution in [0.3, 0.4) is 0 Å². The zero-order valence-electron chi connectivity index (χ0n) is 12.2. The highest BCUT2D eigenvalue weighted by Crippen LogP contribution is 2.15. The minimum atomic E-state index is -0.586. The molecule has 21 heavy (non-hydrogen) atoms. The third-order valence-electron chi connectivity index (χ3n) is 3.53. The van der Waals surface area contributed by atoms with E-state index in [4.69, 9.17) is 0 Å². The monoisotopic (exact) mass is 306 g/mol. The van der Waals surface area contributed by atoms with Crippen molar-refractivity contribution in [1.82, 2.24) is 9.80 Å². The highest BCUT2D eigenvalue weighted by atomic mass is 32.2. The number of carbonyl (C=O) groups excluding carboxylic acids is 3. The second kappa shape index (κ2) is 6.76. The Balaban J connectivity index is 2.02. The summed E-state index contributed by atoms with van der Waals surface area (Å²) in [6.07, 6.45) is 1.97. The summed E-state index contributed by atoms with van der Waals surface area (Å²) in [4.78, 5) is 39.8. The molecule has 0 N–H and O–H groups in total. The fraction of sp³-hybridized carbons (Fsp3) is 0.400. The Hall–Kier alpha value is -1.82. The summed E-state index contributed by atoms with van der Waals surface area (Å²) in [5.74, 6) is -1.25. The fourth-order valence-corrected chi connectivity index (χ4v) is 2.62. The van der Waals surface area contributed by atoms with Gasteiger partial charge in [-0.25, -0.2) is 0 Å². The van der Waals surface area contributed by atoms with E-state index in [1.54, 1.807) is 23.9 Å². The summed E-state index contributed by atoms with van der Waals surface area (Å²) in [6, 6.07) is 7.26. The van der Waals surface area contributed by atoms with E-state index >= 15 is 0 Å². The Labute approximate surface area is 128 Å². The molecule has 5 nitrogen and oxygen atoms in total. The number of rotatable bonds is 5. The number of hydrogen-bond acceptors (Lipinski definition) is 4. The average molecular weight is 306 g/mol. The van der Waals surface area contributed by atoms with Crippen LogP contribution in [0.1, 0.15) is 17.3 Å². The lowest BCUT2D eigenvalue weighted by Crippen LogP contribution is -2.55. The normalized spacial score (nSPS) is 15.5. The second-order valence-corrected chi connectivity index (χ2v) is 5.64. The molecule has 0 bridgehead atoms. The van der Waals surface area contributed by atoms with Gasteiger partial charge in [0.25, 0.3) is 0 Å². The highest BCUT2D eigenvalue weighted by Gasteiger charge is 2.32. The Kier molecular flexibility index (Phi) is 5.01. The van der Waals surface area contributed by atoms with Crippen molar-refractivity contribution < 1.29 is 14.4 Å². The Bertz CT molecular complexity index is 557. The molecule has 0 aliphatic carbocycles. The number of nitrogens with zero attached hydrogens (tertiary/aromatic N) is 2. The number of hydrogen-bond donors (Lipinski definition) is 0. The van der Waals surface area contributed by atoms with Crippen LogP contribution in [0.2, 0.25) is 0 Å². The van der Waals surface area contributed by atoms with Gasteiger partial charge in [-0.05, 0) is 25.3 Å². The zero-order chi connectivity index (χ0) is 15.4. The van der Waals surface area contributed by atoms with E-state index in [-0.39, 0.29) is 12.3 Å². The van der Waals surface area contributed by atoms with Gasteiger partial charge >= 0.3 is 11.8 Å². The highest BCUT2D eigenvalue weighted by molar-refractivity contribution is 7.98. The van der Waals surface area contributed by atoms with Crippen molar-refractivity contribution in [2.45, 2.75) is 11.8 Å². The van der Waals surface area contributed by atoms with Gasteiger partial charge in [0, 0.05) is 30.1 Å². The van der Waals surface area contributed by atoms with Gasteiger partial charge in [0.1, 0.15) is 0 Å². The van der Waals surface area contributed by atoms with E-state index in [9.17, 15) is 14.4 Å². The van der Waals surface area contributed by atoms with E-state index in [2.05, 4.69) is 0 Å². The molecule has 0 unspecified atom stereocenters. The lowest BCUT2D eigenvalue weighted by Gasteiger charge is -2.32. The molecule has 1 aromatic rings. The molecule has 2 rings (SSSR count). The predicted octanol–water partition coefficient (Wildman–Crippen LogP) is 1.28. The van der Waals surface area contributed by atoms with Crippen molar-refractivity contribution in [3.63, 3.8) is 0 Å². The van der Waals surface area contributed by atoms with Crippen LogP contribution in [0.25, 0.3) is 0 Å². The first-order valence-corrected chi connectivity index (χ1v) is 8.04. The molecule has 112 valence electrons. The van der Waals surface area contributed by atoms with Crippen LogP contribution < -0.4 is 0 Å². The van der Waals surface area contributed by atoms with Crippen molar-refractivity contribution in [1.29, 1.82) is 0 Å². The standard InChI is InChI=1S/C15H18N2O3S/c1-3-16-8-9-17(15(20)14(16)19)10-13(18)11-4-6-12(21-2)7-5-11/h4-7H,3,8-10H2,1-2H3. The summed E-state index contributed by atoms with van der Waals surface area (Å²) in [7, 11) is 0. The van der Waals surface area contributed by atoms with E-state index in [1.807, 2.05) is 25.3 Å². The van der Waals surface area contributed by atoms with Crippen LogP contribution in [0.4, 0.5) is 0 Å². The minimum Gasteiger partial charge on any atom is -0.333 e. The van der Waals surface area contributed by atoms with Crippen molar-refractivity contribution in [3.05, 3.63) is 29.8 Å².